The van der Waals surface area contributed by atoms with Crippen LogP contribution in [0, 0.1) is 6.92 Å². The minimum Gasteiger partial charge on any atom is -0.348 e. The van der Waals surface area contributed by atoms with Gasteiger partial charge in [-0.15, -0.1) is 0 Å². The maximum Gasteiger partial charge on any atom is 0.471 e. The zero-order chi connectivity index (χ0) is 22.0. The van der Waals surface area contributed by atoms with Crippen LogP contribution in [-0.4, -0.2) is 40.1 Å². The van der Waals surface area contributed by atoms with Gasteiger partial charge in [0.25, 0.3) is 5.91 Å². The standard InChI is InChI=1S/C22H21F3N4O2/c1-14-4-2-3-5-17(14)12-29-11-10-18(13-29)26-20(30)16-8-6-15(7-9-16)19-27-21(31-28-19)22(23,24)25/h2-9,18H,10-13H2,1H3,(H,26,30). The van der Waals surface area contributed by atoms with E-state index in [-0.39, 0.29) is 17.8 Å². The topological polar surface area (TPSA) is 71.3 Å². The first-order chi connectivity index (χ1) is 14.8. The second kappa shape index (κ2) is 8.50. The number of nitrogens with zero attached hydrogens (tertiary/aromatic N) is 3. The summed E-state index contributed by atoms with van der Waals surface area (Å²) in [4.78, 5) is 18.2. The molecule has 1 atom stereocenters. The first kappa shape index (κ1) is 21.0. The molecule has 1 aliphatic rings. The zero-order valence-electron chi connectivity index (χ0n) is 16.8. The molecule has 0 spiro atoms. The SMILES string of the molecule is Cc1ccccc1CN1CCC(NC(=O)c2ccc(-c3noc(C(F)(F)F)n3)cc2)C1. The van der Waals surface area contributed by atoms with E-state index in [2.05, 4.69) is 43.9 Å². The van der Waals surface area contributed by atoms with Crippen LogP contribution in [-0.2, 0) is 12.7 Å². The number of amides is 1. The summed E-state index contributed by atoms with van der Waals surface area (Å²) in [6, 6.07) is 14.4. The van der Waals surface area contributed by atoms with Gasteiger partial charge < -0.3 is 9.84 Å². The predicted octanol–water partition coefficient (Wildman–Crippen LogP) is 4.07. The van der Waals surface area contributed by atoms with Crippen molar-refractivity contribution in [3.63, 3.8) is 0 Å². The summed E-state index contributed by atoms with van der Waals surface area (Å²) in [5.41, 5.74) is 3.28. The normalized spacial score (nSPS) is 17.1. The Labute approximate surface area is 177 Å². The third kappa shape index (κ3) is 4.93. The van der Waals surface area contributed by atoms with E-state index in [1.54, 1.807) is 0 Å². The van der Waals surface area contributed by atoms with Gasteiger partial charge in [0.15, 0.2) is 0 Å². The lowest BCUT2D eigenvalue weighted by Crippen LogP contribution is -2.37. The highest BCUT2D eigenvalue weighted by Crippen LogP contribution is 2.29. The van der Waals surface area contributed by atoms with Gasteiger partial charge >= 0.3 is 12.1 Å². The summed E-state index contributed by atoms with van der Waals surface area (Å²) in [5, 5.41) is 6.38. The van der Waals surface area contributed by atoms with E-state index in [1.807, 2.05) is 12.1 Å². The number of aryl methyl sites for hydroxylation is 1. The Bertz CT molecular complexity index is 1060. The van der Waals surface area contributed by atoms with Crippen molar-refractivity contribution in [3.8, 4) is 11.4 Å². The summed E-state index contributed by atoms with van der Waals surface area (Å²) in [7, 11) is 0. The summed E-state index contributed by atoms with van der Waals surface area (Å²) in [6.07, 6.45) is -3.84. The number of benzene rings is 2. The molecule has 31 heavy (non-hydrogen) atoms. The van der Waals surface area contributed by atoms with Crippen LogP contribution < -0.4 is 5.32 Å². The molecule has 1 saturated heterocycles. The van der Waals surface area contributed by atoms with Gasteiger partial charge in [-0.2, -0.15) is 18.2 Å². The molecule has 2 heterocycles. The largest absolute Gasteiger partial charge is 0.471 e. The van der Waals surface area contributed by atoms with E-state index in [0.717, 1.165) is 26.1 Å². The van der Waals surface area contributed by atoms with Crippen LogP contribution in [0.2, 0.25) is 0 Å². The van der Waals surface area contributed by atoms with E-state index < -0.39 is 12.1 Å². The van der Waals surface area contributed by atoms with E-state index in [1.165, 1.54) is 35.4 Å². The summed E-state index contributed by atoms with van der Waals surface area (Å²) >= 11 is 0. The molecule has 4 rings (SSSR count). The number of hydrogen-bond donors (Lipinski definition) is 1. The predicted molar refractivity (Wildman–Crippen MR) is 107 cm³/mol. The van der Waals surface area contributed by atoms with Gasteiger partial charge in [-0.25, -0.2) is 0 Å². The minimum absolute atomic E-state index is 0.0442. The van der Waals surface area contributed by atoms with Crippen molar-refractivity contribution in [1.29, 1.82) is 0 Å². The average Bonchev–Trinajstić information content (AvgIpc) is 3.40. The van der Waals surface area contributed by atoms with Crippen LogP contribution in [0.1, 0.15) is 33.8 Å². The molecule has 1 aromatic heterocycles. The van der Waals surface area contributed by atoms with Gasteiger partial charge in [0.05, 0.1) is 0 Å². The molecule has 0 aliphatic carbocycles. The molecular formula is C22H21F3N4O2. The molecule has 1 aliphatic heterocycles. The van der Waals surface area contributed by atoms with Crippen LogP contribution in [0.5, 0.6) is 0 Å². The van der Waals surface area contributed by atoms with Crippen molar-refractivity contribution in [2.24, 2.45) is 0 Å². The number of halogens is 3. The van der Waals surface area contributed by atoms with Crippen molar-refractivity contribution in [1.82, 2.24) is 20.4 Å². The van der Waals surface area contributed by atoms with Gasteiger partial charge in [-0.1, -0.05) is 41.6 Å². The molecule has 3 aromatic rings. The first-order valence-corrected chi connectivity index (χ1v) is 9.88. The highest BCUT2D eigenvalue weighted by atomic mass is 19.4. The zero-order valence-corrected chi connectivity index (χ0v) is 16.8. The highest BCUT2D eigenvalue weighted by Gasteiger charge is 2.38. The van der Waals surface area contributed by atoms with Gasteiger partial charge in [0, 0.05) is 36.8 Å². The number of carbonyl (C=O) groups is 1. The van der Waals surface area contributed by atoms with Crippen LogP contribution >= 0.6 is 0 Å². The summed E-state index contributed by atoms with van der Waals surface area (Å²) in [6.45, 7) is 4.60. The number of hydrogen-bond acceptors (Lipinski definition) is 5. The number of likely N-dealkylation sites (tertiary alicyclic amines) is 1. The summed E-state index contributed by atoms with van der Waals surface area (Å²) < 4.78 is 42.0. The quantitative estimate of drug-likeness (QED) is 0.661. The number of rotatable bonds is 5. The third-order valence-electron chi connectivity index (χ3n) is 5.34. The van der Waals surface area contributed by atoms with E-state index in [9.17, 15) is 18.0 Å². The molecule has 0 bridgehead atoms. The van der Waals surface area contributed by atoms with Crippen molar-refractivity contribution < 1.29 is 22.5 Å². The maximum absolute atomic E-state index is 12.6. The molecule has 6 nitrogen and oxygen atoms in total. The average molecular weight is 430 g/mol. The van der Waals surface area contributed by atoms with Crippen LogP contribution in [0.15, 0.2) is 53.1 Å². The smallest absolute Gasteiger partial charge is 0.348 e. The lowest BCUT2D eigenvalue weighted by atomic mass is 10.1. The molecule has 0 saturated carbocycles. The van der Waals surface area contributed by atoms with Crippen molar-refractivity contribution in [3.05, 3.63) is 71.1 Å². The summed E-state index contributed by atoms with van der Waals surface area (Å²) in [5.74, 6) is -1.80. The molecule has 1 fully saturated rings. The molecular weight excluding hydrogens is 409 g/mol. The van der Waals surface area contributed by atoms with E-state index in [0.29, 0.717) is 11.1 Å². The molecule has 9 heteroatoms. The van der Waals surface area contributed by atoms with Crippen molar-refractivity contribution >= 4 is 5.91 Å². The molecule has 1 amide bonds. The molecule has 2 aromatic carbocycles. The van der Waals surface area contributed by atoms with E-state index in [4.69, 9.17) is 0 Å². The molecule has 1 N–H and O–H groups in total. The number of carbonyl (C=O) groups excluding carboxylic acids is 1. The molecule has 0 radical (unpaired) electrons. The number of aromatic nitrogens is 2. The Morgan fingerprint density at radius 1 is 1.19 bits per heavy atom. The Hall–Kier alpha value is -3.20. The van der Waals surface area contributed by atoms with Crippen LogP contribution in [0.25, 0.3) is 11.4 Å². The number of nitrogens with one attached hydrogen (secondary N) is 1. The fourth-order valence-electron chi connectivity index (χ4n) is 3.62. The first-order valence-electron chi connectivity index (χ1n) is 9.88. The lowest BCUT2D eigenvalue weighted by molar-refractivity contribution is -0.159. The molecule has 1 unspecified atom stereocenters. The third-order valence-corrected chi connectivity index (χ3v) is 5.34. The molecule has 162 valence electrons. The van der Waals surface area contributed by atoms with E-state index >= 15 is 0 Å². The monoisotopic (exact) mass is 430 g/mol. The number of alkyl halides is 3. The Balaban J connectivity index is 1.34. The van der Waals surface area contributed by atoms with Gasteiger partial charge in [-0.05, 0) is 36.6 Å². The Kier molecular flexibility index (Phi) is 5.77. The lowest BCUT2D eigenvalue weighted by Gasteiger charge is -2.18. The minimum atomic E-state index is -4.69. The fourth-order valence-corrected chi connectivity index (χ4v) is 3.62. The van der Waals surface area contributed by atoms with Gasteiger partial charge in [-0.3, -0.25) is 9.69 Å². The Morgan fingerprint density at radius 3 is 2.61 bits per heavy atom. The van der Waals surface area contributed by atoms with Crippen molar-refractivity contribution in [2.45, 2.75) is 32.1 Å². The van der Waals surface area contributed by atoms with Gasteiger partial charge in [0.2, 0.25) is 5.82 Å². The van der Waals surface area contributed by atoms with Gasteiger partial charge in [0.1, 0.15) is 0 Å². The van der Waals surface area contributed by atoms with Crippen LogP contribution in [0.4, 0.5) is 13.2 Å². The Morgan fingerprint density at radius 2 is 1.94 bits per heavy atom. The second-order valence-corrected chi connectivity index (χ2v) is 7.62. The van der Waals surface area contributed by atoms with Crippen molar-refractivity contribution in [2.75, 3.05) is 13.1 Å². The fraction of sp³-hybridized carbons (Fsp3) is 0.318. The highest BCUT2D eigenvalue weighted by molar-refractivity contribution is 5.94. The van der Waals surface area contributed by atoms with Crippen LogP contribution in [0.3, 0.4) is 0 Å². The maximum atomic E-state index is 12.6. The second-order valence-electron chi connectivity index (χ2n) is 7.62.